The SMILES string of the molecule is C[C@H](Nc1ncnc2sc3c(c12)CCCC3)[C@H](O)c1ccc(O)cc1. The van der Waals surface area contributed by atoms with Gasteiger partial charge in [-0.3, -0.25) is 0 Å². The molecule has 25 heavy (non-hydrogen) atoms. The minimum atomic E-state index is -0.694. The first-order chi connectivity index (χ1) is 12.1. The molecular formula is C19H21N3O2S. The number of aryl methyl sites for hydroxylation is 2. The van der Waals surface area contributed by atoms with Crippen LogP contribution in [0.2, 0.25) is 0 Å². The van der Waals surface area contributed by atoms with Gasteiger partial charge in [0.1, 0.15) is 22.7 Å². The fraction of sp³-hybridized carbons (Fsp3) is 0.368. The summed E-state index contributed by atoms with van der Waals surface area (Å²) in [5.74, 6) is 0.994. The van der Waals surface area contributed by atoms with Crippen molar-refractivity contribution in [3.05, 3.63) is 46.6 Å². The van der Waals surface area contributed by atoms with Gasteiger partial charge in [0.05, 0.1) is 17.5 Å². The Morgan fingerprint density at radius 1 is 1.12 bits per heavy atom. The van der Waals surface area contributed by atoms with Crippen LogP contribution in [0.4, 0.5) is 5.82 Å². The topological polar surface area (TPSA) is 78.3 Å². The van der Waals surface area contributed by atoms with Crippen molar-refractivity contribution in [1.29, 1.82) is 0 Å². The maximum Gasteiger partial charge on any atom is 0.138 e. The summed E-state index contributed by atoms with van der Waals surface area (Å²) in [4.78, 5) is 11.3. The molecule has 6 heteroatoms. The molecular weight excluding hydrogens is 334 g/mol. The van der Waals surface area contributed by atoms with E-state index < -0.39 is 6.10 Å². The van der Waals surface area contributed by atoms with E-state index in [1.165, 1.54) is 23.3 Å². The number of nitrogens with one attached hydrogen (secondary N) is 1. The van der Waals surface area contributed by atoms with Crippen LogP contribution in [0.1, 0.15) is 41.9 Å². The van der Waals surface area contributed by atoms with Gasteiger partial charge in [-0.05, 0) is 55.9 Å². The quantitative estimate of drug-likeness (QED) is 0.663. The first-order valence-electron chi connectivity index (χ1n) is 8.62. The third kappa shape index (κ3) is 3.07. The molecule has 2 atom stereocenters. The zero-order valence-corrected chi connectivity index (χ0v) is 14.9. The van der Waals surface area contributed by atoms with E-state index in [1.807, 2.05) is 6.92 Å². The molecule has 0 bridgehead atoms. The van der Waals surface area contributed by atoms with Gasteiger partial charge in [0.25, 0.3) is 0 Å². The Morgan fingerprint density at radius 3 is 2.68 bits per heavy atom. The molecule has 0 radical (unpaired) electrons. The Balaban J connectivity index is 1.63. The highest BCUT2D eigenvalue weighted by Crippen LogP contribution is 2.38. The third-order valence-electron chi connectivity index (χ3n) is 4.82. The summed E-state index contributed by atoms with van der Waals surface area (Å²) >= 11 is 1.77. The number of rotatable bonds is 4. The van der Waals surface area contributed by atoms with Crippen LogP contribution >= 0.6 is 11.3 Å². The minimum absolute atomic E-state index is 0.193. The van der Waals surface area contributed by atoms with Crippen molar-refractivity contribution in [2.24, 2.45) is 0 Å². The molecule has 0 saturated carbocycles. The van der Waals surface area contributed by atoms with Crippen molar-refractivity contribution < 1.29 is 10.2 Å². The average molecular weight is 355 g/mol. The summed E-state index contributed by atoms with van der Waals surface area (Å²) in [5, 5.41) is 24.5. The molecule has 2 heterocycles. The summed E-state index contributed by atoms with van der Waals surface area (Å²) in [7, 11) is 0. The van der Waals surface area contributed by atoms with Gasteiger partial charge >= 0.3 is 0 Å². The molecule has 1 aliphatic carbocycles. The second-order valence-corrected chi connectivity index (χ2v) is 7.67. The molecule has 0 aliphatic heterocycles. The van der Waals surface area contributed by atoms with Gasteiger partial charge in [-0.15, -0.1) is 11.3 Å². The Labute approximate surface area is 150 Å². The molecule has 4 rings (SSSR count). The third-order valence-corrected chi connectivity index (χ3v) is 6.02. The molecule has 2 aromatic heterocycles. The Kier molecular flexibility index (Phi) is 4.31. The first kappa shape index (κ1) is 16.3. The number of aliphatic hydroxyl groups is 1. The van der Waals surface area contributed by atoms with Crippen LogP contribution in [0.3, 0.4) is 0 Å². The van der Waals surface area contributed by atoms with E-state index in [0.717, 1.165) is 34.4 Å². The number of nitrogens with zero attached hydrogens (tertiary/aromatic N) is 2. The molecule has 3 N–H and O–H groups in total. The van der Waals surface area contributed by atoms with Crippen LogP contribution in [0.25, 0.3) is 10.2 Å². The van der Waals surface area contributed by atoms with Gasteiger partial charge in [0.15, 0.2) is 0 Å². The number of aliphatic hydroxyl groups excluding tert-OH is 1. The maximum atomic E-state index is 10.6. The monoisotopic (exact) mass is 355 g/mol. The number of hydrogen-bond donors (Lipinski definition) is 3. The summed E-state index contributed by atoms with van der Waals surface area (Å²) in [5.41, 5.74) is 2.14. The number of hydrogen-bond acceptors (Lipinski definition) is 6. The van der Waals surface area contributed by atoms with Crippen molar-refractivity contribution in [3.63, 3.8) is 0 Å². The number of phenolic OH excluding ortho intramolecular Hbond substituents is 1. The van der Waals surface area contributed by atoms with E-state index in [9.17, 15) is 10.2 Å². The molecule has 5 nitrogen and oxygen atoms in total. The van der Waals surface area contributed by atoms with E-state index in [-0.39, 0.29) is 11.8 Å². The molecule has 0 fully saturated rings. The second-order valence-electron chi connectivity index (χ2n) is 6.58. The summed E-state index contributed by atoms with van der Waals surface area (Å²) in [6, 6.07) is 6.43. The van der Waals surface area contributed by atoms with Gasteiger partial charge in [0.2, 0.25) is 0 Å². The molecule has 0 amide bonds. The average Bonchev–Trinajstić information content (AvgIpc) is 3.01. The van der Waals surface area contributed by atoms with E-state index in [0.29, 0.717) is 0 Å². The van der Waals surface area contributed by atoms with Gasteiger partial charge in [-0.25, -0.2) is 9.97 Å². The minimum Gasteiger partial charge on any atom is -0.508 e. The fourth-order valence-corrected chi connectivity index (χ4v) is 4.68. The van der Waals surface area contributed by atoms with Gasteiger partial charge < -0.3 is 15.5 Å². The lowest BCUT2D eigenvalue weighted by Crippen LogP contribution is -2.24. The normalized spacial score (nSPS) is 16.4. The first-order valence-corrected chi connectivity index (χ1v) is 9.44. The maximum absolute atomic E-state index is 10.6. The zero-order valence-electron chi connectivity index (χ0n) is 14.1. The van der Waals surface area contributed by atoms with Crippen molar-refractivity contribution in [2.75, 3.05) is 5.32 Å². The number of benzene rings is 1. The van der Waals surface area contributed by atoms with Gasteiger partial charge in [-0.1, -0.05) is 12.1 Å². The van der Waals surface area contributed by atoms with E-state index in [2.05, 4.69) is 15.3 Å². The molecule has 0 saturated heterocycles. The van der Waals surface area contributed by atoms with Crippen LogP contribution in [0.15, 0.2) is 30.6 Å². The van der Waals surface area contributed by atoms with Gasteiger partial charge in [-0.2, -0.15) is 0 Å². The lowest BCUT2D eigenvalue weighted by molar-refractivity contribution is 0.160. The fourth-order valence-electron chi connectivity index (χ4n) is 3.45. The number of anilines is 1. The lowest BCUT2D eigenvalue weighted by atomic mass is 9.97. The van der Waals surface area contributed by atoms with Crippen molar-refractivity contribution in [3.8, 4) is 5.75 Å². The predicted octanol–water partition coefficient (Wildman–Crippen LogP) is 3.81. The molecule has 1 aromatic carbocycles. The van der Waals surface area contributed by atoms with E-state index >= 15 is 0 Å². The standard InChI is InChI=1S/C19H21N3O2S/c1-11(17(24)12-6-8-13(23)9-7-12)22-18-16-14-4-2-3-5-15(14)25-19(16)21-10-20-18/h6-11,17,23-24H,2-5H2,1H3,(H,20,21,22)/t11-,17-/m0/s1. The smallest absolute Gasteiger partial charge is 0.138 e. The van der Waals surface area contributed by atoms with Crippen molar-refractivity contribution in [2.45, 2.75) is 44.8 Å². The number of phenols is 1. The molecule has 130 valence electrons. The van der Waals surface area contributed by atoms with E-state index in [1.54, 1.807) is 41.9 Å². The van der Waals surface area contributed by atoms with Crippen molar-refractivity contribution >= 4 is 27.4 Å². The molecule has 0 unspecified atom stereocenters. The second kappa shape index (κ2) is 6.61. The highest BCUT2D eigenvalue weighted by molar-refractivity contribution is 7.19. The molecule has 1 aliphatic rings. The van der Waals surface area contributed by atoms with Crippen LogP contribution in [0.5, 0.6) is 5.75 Å². The largest absolute Gasteiger partial charge is 0.508 e. The summed E-state index contributed by atoms with van der Waals surface area (Å²) in [6.45, 7) is 1.93. The number of thiophene rings is 1. The predicted molar refractivity (Wildman–Crippen MR) is 100 cm³/mol. The van der Waals surface area contributed by atoms with E-state index in [4.69, 9.17) is 0 Å². The highest BCUT2D eigenvalue weighted by atomic mass is 32.1. The van der Waals surface area contributed by atoms with Gasteiger partial charge in [0, 0.05) is 4.88 Å². The number of aromatic hydroxyl groups is 1. The summed E-state index contributed by atoms with van der Waals surface area (Å²) in [6.07, 6.45) is 5.55. The summed E-state index contributed by atoms with van der Waals surface area (Å²) < 4.78 is 0. The Hall–Kier alpha value is -2.18. The molecule has 0 spiro atoms. The van der Waals surface area contributed by atoms with Crippen LogP contribution in [0, 0.1) is 0 Å². The lowest BCUT2D eigenvalue weighted by Gasteiger charge is -2.22. The van der Waals surface area contributed by atoms with Crippen molar-refractivity contribution in [1.82, 2.24) is 9.97 Å². The Bertz CT molecular complexity index is 892. The van der Waals surface area contributed by atoms with Crippen LogP contribution in [-0.4, -0.2) is 26.2 Å². The van der Waals surface area contributed by atoms with Crippen LogP contribution < -0.4 is 5.32 Å². The Morgan fingerprint density at radius 2 is 1.88 bits per heavy atom. The van der Waals surface area contributed by atoms with Crippen LogP contribution in [-0.2, 0) is 12.8 Å². The highest BCUT2D eigenvalue weighted by Gasteiger charge is 2.22. The number of aromatic nitrogens is 2. The molecule has 3 aromatic rings. The number of fused-ring (bicyclic) bond motifs is 3. The zero-order chi connectivity index (χ0) is 17.4.